The van der Waals surface area contributed by atoms with E-state index in [0.717, 1.165) is 51.9 Å². The number of nitrogens with zero attached hydrogens (tertiary/aromatic N) is 4. The Morgan fingerprint density at radius 1 is 1.12 bits per heavy atom. The van der Waals surface area contributed by atoms with Crippen LogP contribution in [0, 0.1) is 19.8 Å². The quantitative estimate of drug-likeness (QED) is 0.649. The number of aromatic nitrogens is 2. The number of methoxy groups -OCH3 is 1. The van der Waals surface area contributed by atoms with E-state index < -0.39 is 0 Å². The van der Waals surface area contributed by atoms with E-state index in [1.807, 2.05) is 25.8 Å². The van der Waals surface area contributed by atoms with Gasteiger partial charge in [-0.05, 0) is 46.6 Å². The van der Waals surface area contributed by atoms with Gasteiger partial charge in [0.2, 0.25) is 5.91 Å². The molecular weight excluding hydrogens is 414 g/mol. The summed E-state index contributed by atoms with van der Waals surface area (Å²) in [6.07, 6.45) is 5.12. The van der Waals surface area contributed by atoms with Gasteiger partial charge in [0.25, 0.3) is 12.4 Å². The summed E-state index contributed by atoms with van der Waals surface area (Å²) in [6.45, 7) is 6.39. The minimum absolute atomic E-state index is 0.00327. The van der Waals surface area contributed by atoms with Gasteiger partial charge in [-0.15, -0.1) is 0 Å². The maximum Gasteiger partial charge on any atom is 0.290 e. The molecule has 2 aliphatic rings. The number of carbonyl (C=O) groups is 3. The number of rotatable bonds is 4. The smallest absolute Gasteiger partial charge is 0.290 e. The molecule has 2 fully saturated rings. The predicted molar refractivity (Wildman–Crippen MR) is 118 cm³/mol. The van der Waals surface area contributed by atoms with Crippen molar-refractivity contribution in [2.24, 2.45) is 5.92 Å². The fourth-order valence-electron chi connectivity index (χ4n) is 4.48. The lowest BCUT2D eigenvalue weighted by atomic mass is 9.98. The van der Waals surface area contributed by atoms with Crippen LogP contribution in [0.2, 0.25) is 0 Å². The van der Waals surface area contributed by atoms with Gasteiger partial charge in [0.05, 0.1) is 29.0 Å². The van der Waals surface area contributed by atoms with Gasteiger partial charge in [-0.25, -0.2) is 9.97 Å². The number of aryl methyl sites for hydroxylation is 2. The zero-order valence-electron chi connectivity index (χ0n) is 19.4. The van der Waals surface area contributed by atoms with Crippen LogP contribution in [-0.2, 0) is 14.3 Å². The van der Waals surface area contributed by atoms with Crippen LogP contribution in [0.3, 0.4) is 0 Å². The lowest BCUT2D eigenvalue weighted by Gasteiger charge is -2.34. The van der Waals surface area contributed by atoms with Crippen LogP contribution in [0.15, 0.2) is 6.33 Å². The summed E-state index contributed by atoms with van der Waals surface area (Å²) in [7, 11) is 3.76. The number of likely N-dealkylation sites (tertiary alicyclic amines) is 2. The molecule has 10 heteroatoms. The molecule has 0 bridgehead atoms. The van der Waals surface area contributed by atoms with E-state index in [2.05, 4.69) is 20.2 Å². The monoisotopic (exact) mass is 449 g/mol. The third-order valence-corrected chi connectivity index (χ3v) is 6.15. The molecule has 178 valence electrons. The fraction of sp³-hybridized carbons (Fsp3) is 0.682. The van der Waals surface area contributed by atoms with Gasteiger partial charge in [0.15, 0.2) is 0 Å². The highest BCUT2D eigenvalue weighted by Gasteiger charge is 2.32. The maximum absolute atomic E-state index is 13.0. The highest BCUT2D eigenvalue weighted by Crippen LogP contribution is 2.22. The lowest BCUT2D eigenvalue weighted by molar-refractivity contribution is -0.138. The van der Waals surface area contributed by atoms with E-state index in [-0.39, 0.29) is 36.4 Å². The molecule has 10 nitrogen and oxygen atoms in total. The molecule has 2 amide bonds. The molecule has 0 radical (unpaired) electrons. The van der Waals surface area contributed by atoms with Crippen LogP contribution in [0.4, 0.5) is 0 Å². The first kappa shape index (κ1) is 25.7. The first-order chi connectivity index (χ1) is 15.3. The van der Waals surface area contributed by atoms with E-state index in [4.69, 9.17) is 14.6 Å². The number of hydrogen-bond donors (Lipinski definition) is 2. The Bertz CT molecular complexity index is 762. The van der Waals surface area contributed by atoms with Crippen LogP contribution in [0.1, 0.15) is 47.4 Å². The Balaban J connectivity index is 0.00000114. The van der Waals surface area contributed by atoms with E-state index in [1.54, 1.807) is 7.11 Å². The summed E-state index contributed by atoms with van der Waals surface area (Å²) in [5.74, 6) is 0.0801. The normalized spacial score (nSPS) is 22.3. The minimum Gasteiger partial charge on any atom is -0.483 e. The number of carboxylic acid groups (broad SMARTS) is 1. The molecule has 2 saturated heterocycles. The molecule has 0 unspecified atom stereocenters. The Morgan fingerprint density at radius 3 is 2.28 bits per heavy atom. The van der Waals surface area contributed by atoms with Crippen molar-refractivity contribution in [3.8, 4) is 0 Å². The third-order valence-electron chi connectivity index (χ3n) is 6.15. The second kappa shape index (κ2) is 12.4. The number of hydrogen-bond acceptors (Lipinski definition) is 7. The Labute approximate surface area is 189 Å². The number of amides is 2. The first-order valence-corrected chi connectivity index (χ1v) is 11.0. The van der Waals surface area contributed by atoms with Gasteiger partial charge in [0, 0.05) is 39.3 Å². The van der Waals surface area contributed by atoms with Crippen molar-refractivity contribution < 1.29 is 24.2 Å². The van der Waals surface area contributed by atoms with Crippen molar-refractivity contribution >= 4 is 18.3 Å². The highest BCUT2D eigenvalue weighted by atomic mass is 16.5. The van der Waals surface area contributed by atoms with Crippen molar-refractivity contribution in [2.45, 2.75) is 51.7 Å². The van der Waals surface area contributed by atoms with Crippen LogP contribution >= 0.6 is 0 Å². The Kier molecular flexibility index (Phi) is 9.98. The molecule has 3 rings (SSSR count). The average Bonchev–Trinajstić information content (AvgIpc) is 2.94. The van der Waals surface area contributed by atoms with E-state index in [1.165, 1.54) is 6.33 Å². The van der Waals surface area contributed by atoms with Crippen LogP contribution in [0.25, 0.3) is 0 Å². The second-order valence-electron chi connectivity index (χ2n) is 8.45. The largest absolute Gasteiger partial charge is 0.483 e. The van der Waals surface area contributed by atoms with Crippen LogP contribution < -0.4 is 5.32 Å². The van der Waals surface area contributed by atoms with Gasteiger partial charge < -0.3 is 25.0 Å². The minimum atomic E-state index is -0.250. The van der Waals surface area contributed by atoms with E-state index in [9.17, 15) is 9.59 Å². The highest BCUT2D eigenvalue weighted by molar-refractivity contribution is 5.96. The summed E-state index contributed by atoms with van der Waals surface area (Å²) in [4.78, 5) is 46.6. The summed E-state index contributed by atoms with van der Waals surface area (Å²) in [6, 6.07) is 0.00327. The molecule has 2 N–H and O–H groups in total. The summed E-state index contributed by atoms with van der Waals surface area (Å²) < 4.78 is 5.41. The van der Waals surface area contributed by atoms with Crippen molar-refractivity contribution in [1.82, 2.24) is 25.1 Å². The molecule has 2 atom stereocenters. The van der Waals surface area contributed by atoms with Gasteiger partial charge in [-0.3, -0.25) is 14.4 Å². The predicted octanol–water partition coefficient (Wildman–Crippen LogP) is 0.872. The second-order valence-corrected chi connectivity index (χ2v) is 8.45. The number of ether oxygens (including phenoxy) is 1. The fourth-order valence-corrected chi connectivity index (χ4v) is 4.48. The van der Waals surface area contributed by atoms with E-state index >= 15 is 0 Å². The van der Waals surface area contributed by atoms with Crippen LogP contribution in [0.5, 0.6) is 0 Å². The van der Waals surface area contributed by atoms with Gasteiger partial charge in [-0.2, -0.15) is 0 Å². The number of nitrogens with one attached hydrogen (secondary N) is 1. The maximum atomic E-state index is 13.0. The molecule has 0 aliphatic carbocycles. The third kappa shape index (κ3) is 6.96. The SMILES string of the molecule is COC1CCN(C(=O)[C@@H]2CC[C@H](NC(=O)c3c(C)ncnc3C)CN(C)C2)CC1.O=CO. The van der Waals surface area contributed by atoms with Crippen molar-refractivity contribution in [3.05, 3.63) is 23.3 Å². The first-order valence-electron chi connectivity index (χ1n) is 11.0. The molecule has 0 aromatic carbocycles. The molecule has 1 aromatic heterocycles. The number of piperidine rings is 1. The van der Waals surface area contributed by atoms with Gasteiger partial charge >= 0.3 is 0 Å². The topological polar surface area (TPSA) is 125 Å². The molecular formula is C22H35N5O5. The van der Waals surface area contributed by atoms with Gasteiger partial charge in [0.1, 0.15) is 6.33 Å². The van der Waals surface area contributed by atoms with E-state index in [0.29, 0.717) is 17.0 Å². The Hall–Kier alpha value is -2.59. The molecule has 2 aliphatic heterocycles. The lowest BCUT2D eigenvalue weighted by Crippen LogP contribution is -2.45. The summed E-state index contributed by atoms with van der Waals surface area (Å²) in [5.41, 5.74) is 1.92. The molecule has 3 heterocycles. The molecule has 32 heavy (non-hydrogen) atoms. The zero-order chi connectivity index (χ0) is 23.7. The van der Waals surface area contributed by atoms with Crippen molar-refractivity contribution in [3.63, 3.8) is 0 Å². The summed E-state index contributed by atoms with van der Waals surface area (Å²) in [5, 5.41) is 10.0. The molecule has 1 aromatic rings. The summed E-state index contributed by atoms with van der Waals surface area (Å²) >= 11 is 0. The molecule has 0 saturated carbocycles. The van der Waals surface area contributed by atoms with Gasteiger partial charge in [-0.1, -0.05) is 0 Å². The Morgan fingerprint density at radius 2 is 1.72 bits per heavy atom. The van der Waals surface area contributed by atoms with Crippen molar-refractivity contribution in [2.75, 3.05) is 40.3 Å². The molecule has 0 spiro atoms. The number of likely N-dealkylation sites (N-methyl/N-ethyl adjacent to an activating group) is 1. The van der Waals surface area contributed by atoms with Crippen molar-refractivity contribution in [1.29, 1.82) is 0 Å². The average molecular weight is 450 g/mol. The number of carbonyl (C=O) groups excluding carboxylic acids is 2. The van der Waals surface area contributed by atoms with Crippen LogP contribution in [-0.4, -0.2) is 95.6 Å². The standard InChI is InChI=1S/C21H33N5O3.CH2O2/c1-14-19(15(2)23-13-22-14)20(27)24-17-6-5-16(11-25(3)12-17)21(28)26-9-7-18(29-4)8-10-26;2-1-3/h13,16-18H,5-12H2,1-4H3,(H,24,27);1H,(H,2,3)/t16-,17+;/m1./s1. The zero-order valence-corrected chi connectivity index (χ0v) is 19.4.